The van der Waals surface area contributed by atoms with E-state index < -0.39 is 6.10 Å². The maximum absolute atomic E-state index is 9.52. The summed E-state index contributed by atoms with van der Waals surface area (Å²) in [6.07, 6.45) is 3.07. The lowest BCUT2D eigenvalue weighted by Crippen LogP contribution is -2.22. The van der Waals surface area contributed by atoms with Gasteiger partial charge in [-0.2, -0.15) is 0 Å². The molecule has 0 radical (unpaired) electrons. The molecule has 0 aromatic carbocycles. The van der Waals surface area contributed by atoms with Crippen molar-refractivity contribution < 1.29 is 10.2 Å². The van der Waals surface area contributed by atoms with Crippen molar-refractivity contribution in [2.75, 3.05) is 6.61 Å². The molecule has 1 rings (SSSR count). The van der Waals surface area contributed by atoms with Crippen LogP contribution in [0.4, 0.5) is 0 Å². The van der Waals surface area contributed by atoms with Crippen molar-refractivity contribution in [3.05, 3.63) is 23.8 Å². The number of hydrogen-bond donors (Lipinski definition) is 2. The highest BCUT2D eigenvalue weighted by Crippen LogP contribution is 2.28. The summed E-state index contributed by atoms with van der Waals surface area (Å²) in [7, 11) is 0. The smallest absolute Gasteiger partial charge is 0.0778 e. The molecule has 12 heavy (non-hydrogen) atoms. The molecule has 2 heteroatoms. The summed E-state index contributed by atoms with van der Waals surface area (Å²) in [4.78, 5) is 0. The van der Waals surface area contributed by atoms with Crippen LogP contribution >= 0.6 is 0 Å². The summed E-state index contributed by atoms with van der Waals surface area (Å²) in [5.41, 5.74) is 1.87. The van der Waals surface area contributed by atoms with Crippen LogP contribution in [0.15, 0.2) is 23.8 Å². The van der Waals surface area contributed by atoms with Gasteiger partial charge in [0.1, 0.15) is 0 Å². The second kappa shape index (κ2) is 3.87. The predicted molar refractivity (Wildman–Crippen MR) is 48.7 cm³/mol. The second-order valence-corrected chi connectivity index (χ2v) is 3.47. The lowest BCUT2D eigenvalue weighted by molar-refractivity contribution is 0.155. The molecule has 2 nitrogen and oxygen atoms in total. The summed E-state index contributed by atoms with van der Waals surface area (Å²) >= 11 is 0. The molecule has 1 aliphatic carbocycles. The Kier molecular flexibility index (Phi) is 3.06. The molecule has 0 heterocycles. The molecule has 2 N–H and O–H groups in total. The standard InChI is InChI=1S/C10H16O2/c1-7(2)8-3-4-9(6-11)10(12)5-8/h4,8,10-12H,1,3,5-6H2,2H3/t8-,10-/m1/s1. The van der Waals surface area contributed by atoms with Crippen LogP contribution in [0.2, 0.25) is 0 Å². The molecule has 0 aromatic rings. The van der Waals surface area contributed by atoms with Crippen LogP contribution in [0.25, 0.3) is 0 Å². The highest BCUT2D eigenvalue weighted by molar-refractivity contribution is 5.16. The van der Waals surface area contributed by atoms with Gasteiger partial charge in [-0.1, -0.05) is 18.2 Å². The van der Waals surface area contributed by atoms with Gasteiger partial charge in [0.2, 0.25) is 0 Å². The topological polar surface area (TPSA) is 40.5 Å². The molecule has 0 amide bonds. The Hall–Kier alpha value is -0.600. The van der Waals surface area contributed by atoms with E-state index in [1.54, 1.807) is 0 Å². The third-order valence-electron chi connectivity index (χ3n) is 2.48. The molecule has 0 unspecified atom stereocenters. The number of rotatable bonds is 2. The zero-order valence-corrected chi connectivity index (χ0v) is 7.45. The average molecular weight is 168 g/mol. The zero-order chi connectivity index (χ0) is 9.14. The minimum absolute atomic E-state index is 0.0237. The highest BCUT2D eigenvalue weighted by Gasteiger charge is 2.21. The lowest BCUT2D eigenvalue weighted by atomic mass is 9.84. The van der Waals surface area contributed by atoms with Crippen molar-refractivity contribution in [1.29, 1.82) is 0 Å². The number of aliphatic hydroxyl groups is 2. The fraction of sp³-hybridized carbons (Fsp3) is 0.600. The Balaban J connectivity index is 2.63. The van der Waals surface area contributed by atoms with Gasteiger partial charge in [0.25, 0.3) is 0 Å². The monoisotopic (exact) mass is 168 g/mol. The summed E-state index contributed by atoms with van der Waals surface area (Å²) in [5, 5.41) is 18.4. The van der Waals surface area contributed by atoms with Crippen molar-refractivity contribution in [2.24, 2.45) is 5.92 Å². The van der Waals surface area contributed by atoms with E-state index in [4.69, 9.17) is 5.11 Å². The largest absolute Gasteiger partial charge is 0.392 e. The van der Waals surface area contributed by atoms with Crippen molar-refractivity contribution >= 4 is 0 Å². The van der Waals surface area contributed by atoms with E-state index in [1.165, 1.54) is 0 Å². The first-order chi connectivity index (χ1) is 5.65. The maximum atomic E-state index is 9.52. The van der Waals surface area contributed by atoms with Crippen molar-refractivity contribution in [3.63, 3.8) is 0 Å². The van der Waals surface area contributed by atoms with E-state index in [-0.39, 0.29) is 6.61 Å². The van der Waals surface area contributed by atoms with E-state index in [9.17, 15) is 5.11 Å². The van der Waals surface area contributed by atoms with Crippen molar-refractivity contribution in [2.45, 2.75) is 25.9 Å². The fourth-order valence-corrected chi connectivity index (χ4v) is 1.52. The number of hydrogen-bond acceptors (Lipinski definition) is 2. The molecule has 0 saturated heterocycles. The van der Waals surface area contributed by atoms with E-state index in [1.807, 2.05) is 13.0 Å². The number of aliphatic hydroxyl groups excluding tert-OH is 2. The lowest BCUT2D eigenvalue weighted by Gasteiger charge is -2.25. The summed E-state index contributed by atoms with van der Waals surface area (Å²) in [5.74, 6) is 0.385. The molecule has 68 valence electrons. The molecule has 0 aliphatic heterocycles. The third-order valence-corrected chi connectivity index (χ3v) is 2.48. The van der Waals surface area contributed by atoms with Gasteiger partial charge in [-0.15, -0.1) is 0 Å². The zero-order valence-electron chi connectivity index (χ0n) is 7.45. The Morgan fingerprint density at radius 1 is 1.75 bits per heavy atom. The van der Waals surface area contributed by atoms with Gasteiger partial charge in [-0.3, -0.25) is 0 Å². The first kappa shape index (κ1) is 9.49. The molecule has 0 aromatic heterocycles. The van der Waals surface area contributed by atoms with Crippen molar-refractivity contribution in [3.8, 4) is 0 Å². The number of allylic oxidation sites excluding steroid dienone is 2. The Morgan fingerprint density at radius 2 is 2.42 bits per heavy atom. The van der Waals surface area contributed by atoms with Gasteiger partial charge >= 0.3 is 0 Å². The first-order valence-electron chi connectivity index (χ1n) is 4.28. The van der Waals surface area contributed by atoms with Crippen molar-refractivity contribution in [1.82, 2.24) is 0 Å². The maximum Gasteiger partial charge on any atom is 0.0778 e. The van der Waals surface area contributed by atoms with Gasteiger partial charge in [-0.25, -0.2) is 0 Å². The average Bonchev–Trinajstić information content (AvgIpc) is 2.04. The van der Waals surface area contributed by atoms with Gasteiger partial charge in [-0.05, 0) is 31.3 Å². The van der Waals surface area contributed by atoms with E-state index in [0.717, 1.165) is 17.6 Å². The molecular formula is C10H16O2. The van der Waals surface area contributed by atoms with E-state index in [0.29, 0.717) is 12.3 Å². The molecular weight excluding hydrogens is 152 g/mol. The van der Waals surface area contributed by atoms with Gasteiger partial charge in [0.15, 0.2) is 0 Å². The van der Waals surface area contributed by atoms with Crippen LogP contribution in [0.1, 0.15) is 19.8 Å². The molecule has 1 aliphatic rings. The minimum Gasteiger partial charge on any atom is -0.392 e. The Morgan fingerprint density at radius 3 is 2.83 bits per heavy atom. The van der Waals surface area contributed by atoms with E-state index >= 15 is 0 Å². The SMILES string of the molecule is C=C(C)[C@@H]1CC=C(CO)[C@H](O)C1. The summed E-state index contributed by atoms with van der Waals surface area (Å²) in [6, 6.07) is 0. The highest BCUT2D eigenvalue weighted by atomic mass is 16.3. The van der Waals surface area contributed by atoms with Crippen LogP contribution < -0.4 is 0 Å². The van der Waals surface area contributed by atoms with Crippen LogP contribution in [-0.4, -0.2) is 22.9 Å². The van der Waals surface area contributed by atoms with E-state index in [2.05, 4.69) is 6.58 Å². The molecule has 0 bridgehead atoms. The van der Waals surface area contributed by atoms with Crippen LogP contribution in [-0.2, 0) is 0 Å². The summed E-state index contributed by atoms with van der Waals surface area (Å²) in [6.45, 7) is 5.82. The van der Waals surface area contributed by atoms with Gasteiger partial charge in [0, 0.05) is 0 Å². The molecule has 2 atom stereocenters. The first-order valence-corrected chi connectivity index (χ1v) is 4.28. The van der Waals surface area contributed by atoms with Gasteiger partial charge < -0.3 is 10.2 Å². The molecule has 0 saturated carbocycles. The summed E-state index contributed by atoms with van der Waals surface area (Å²) < 4.78 is 0. The van der Waals surface area contributed by atoms with Crippen LogP contribution in [0, 0.1) is 5.92 Å². The predicted octanol–water partition coefficient (Wildman–Crippen LogP) is 1.25. The second-order valence-electron chi connectivity index (χ2n) is 3.47. The molecule has 0 fully saturated rings. The fourth-order valence-electron chi connectivity index (χ4n) is 1.52. The molecule has 0 spiro atoms. The van der Waals surface area contributed by atoms with Crippen LogP contribution in [0.5, 0.6) is 0 Å². The minimum atomic E-state index is -0.467. The van der Waals surface area contributed by atoms with Gasteiger partial charge in [0.05, 0.1) is 12.7 Å². The normalized spacial score (nSPS) is 29.8. The Labute approximate surface area is 73.2 Å². The third kappa shape index (κ3) is 1.96. The quantitative estimate of drug-likeness (QED) is 0.609. The Bertz CT molecular complexity index is 206. The van der Waals surface area contributed by atoms with Crippen LogP contribution in [0.3, 0.4) is 0 Å².